The fourth-order valence-corrected chi connectivity index (χ4v) is 7.88. The largest absolute Gasteiger partial charge is 0.760 e. The zero-order chi connectivity index (χ0) is 31.6. The van der Waals surface area contributed by atoms with E-state index in [0.717, 1.165) is 11.3 Å². The number of fused-ring (bicyclic) bond motifs is 1. The summed E-state index contributed by atoms with van der Waals surface area (Å²) in [5.41, 5.74) is 2.14. The summed E-state index contributed by atoms with van der Waals surface area (Å²) >= 11 is -1.77. The first kappa shape index (κ1) is 31.8. The maximum absolute atomic E-state index is 13.2. The SMILES string of the molecule is O=C1CCN(C(=O)c2cccc(-c3ccc4nc(C(c5nnc(CNS(=O)[O-])o5)S(=O)(=O)CCC(F)(F)F)sc4c3)c2)CC1. The number of Topliss-reactive ketones (excluding diaryl/α,β-unsaturated/α-hetero) is 1. The Kier molecular flexibility index (Phi) is 9.26. The van der Waals surface area contributed by atoms with Gasteiger partial charge in [0.15, 0.2) is 15.1 Å². The molecule has 12 nitrogen and oxygen atoms in total. The van der Waals surface area contributed by atoms with Gasteiger partial charge in [0.1, 0.15) is 10.8 Å². The van der Waals surface area contributed by atoms with E-state index in [9.17, 15) is 39.9 Å². The zero-order valence-corrected chi connectivity index (χ0v) is 25.0. The van der Waals surface area contributed by atoms with Crippen molar-refractivity contribution in [2.45, 2.75) is 37.2 Å². The number of ketones is 1. The number of halogens is 3. The smallest absolute Gasteiger partial charge is 0.390 e. The number of benzene rings is 2. The summed E-state index contributed by atoms with van der Waals surface area (Å²) in [5.74, 6) is -2.21. The van der Waals surface area contributed by atoms with Crippen molar-refractivity contribution in [1.82, 2.24) is 24.8 Å². The van der Waals surface area contributed by atoms with Gasteiger partial charge in [0.2, 0.25) is 11.8 Å². The van der Waals surface area contributed by atoms with Gasteiger partial charge in [0, 0.05) is 42.8 Å². The van der Waals surface area contributed by atoms with Crippen LogP contribution in [0.25, 0.3) is 21.3 Å². The summed E-state index contributed by atoms with van der Waals surface area (Å²) in [5, 5.41) is 5.35. The predicted molar refractivity (Wildman–Crippen MR) is 152 cm³/mol. The fraction of sp³-hybridized carbons (Fsp3) is 0.346. The predicted octanol–water partition coefficient (Wildman–Crippen LogP) is 3.49. The van der Waals surface area contributed by atoms with Crippen molar-refractivity contribution in [3.05, 3.63) is 64.8 Å². The van der Waals surface area contributed by atoms with Crippen molar-refractivity contribution in [3.8, 4) is 11.1 Å². The molecule has 5 rings (SSSR count). The number of likely N-dealkylation sites (tertiary alicyclic amines) is 1. The Morgan fingerprint density at radius 1 is 1.14 bits per heavy atom. The van der Waals surface area contributed by atoms with Crippen LogP contribution in [-0.4, -0.2) is 74.0 Å². The molecule has 234 valence electrons. The molecule has 44 heavy (non-hydrogen) atoms. The number of hydrogen-bond donors (Lipinski definition) is 1. The number of sulfone groups is 1. The van der Waals surface area contributed by atoms with E-state index in [1.807, 2.05) is 4.72 Å². The van der Waals surface area contributed by atoms with Gasteiger partial charge in [-0.15, -0.1) is 21.5 Å². The minimum Gasteiger partial charge on any atom is -0.760 e. The van der Waals surface area contributed by atoms with Crippen molar-refractivity contribution < 1.29 is 44.4 Å². The highest BCUT2D eigenvalue weighted by molar-refractivity contribution is 7.92. The maximum atomic E-state index is 13.2. The van der Waals surface area contributed by atoms with Crippen molar-refractivity contribution in [2.24, 2.45) is 0 Å². The van der Waals surface area contributed by atoms with E-state index < -0.39 is 57.1 Å². The Hall–Kier alpha value is -3.58. The van der Waals surface area contributed by atoms with Gasteiger partial charge in [-0.25, -0.2) is 18.1 Å². The molecule has 0 aliphatic carbocycles. The first-order valence-electron chi connectivity index (χ1n) is 13.0. The topological polar surface area (TPSA) is 175 Å². The summed E-state index contributed by atoms with van der Waals surface area (Å²) in [7, 11) is -4.59. The van der Waals surface area contributed by atoms with E-state index >= 15 is 0 Å². The first-order chi connectivity index (χ1) is 20.8. The number of aromatic nitrogens is 3. The number of nitrogens with one attached hydrogen (secondary N) is 1. The third-order valence-corrected chi connectivity index (χ3v) is 10.3. The molecule has 1 fully saturated rings. The number of alkyl halides is 3. The summed E-state index contributed by atoms with van der Waals surface area (Å²) in [4.78, 5) is 30.6. The van der Waals surface area contributed by atoms with Crippen LogP contribution in [0.15, 0.2) is 46.9 Å². The van der Waals surface area contributed by atoms with Gasteiger partial charge in [-0.1, -0.05) is 18.2 Å². The van der Waals surface area contributed by atoms with Crippen molar-refractivity contribution in [3.63, 3.8) is 0 Å². The van der Waals surface area contributed by atoms with Crippen LogP contribution < -0.4 is 4.72 Å². The van der Waals surface area contributed by atoms with Crippen LogP contribution in [0.5, 0.6) is 0 Å². The molecule has 2 aromatic carbocycles. The Morgan fingerprint density at radius 2 is 1.86 bits per heavy atom. The highest BCUT2D eigenvalue weighted by Crippen LogP contribution is 2.38. The molecule has 2 atom stereocenters. The van der Waals surface area contributed by atoms with Crippen LogP contribution in [0, 0.1) is 0 Å². The molecule has 18 heteroatoms. The number of amides is 1. The van der Waals surface area contributed by atoms with Crippen LogP contribution >= 0.6 is 11.3 Å². The van der Waals surface area contributed by atoms with E-state index in [0.29, 0.717) is 52.8 Å². The summed E-state index contributed by atoms with van der Waals surface area (Å²) < 4.78 is 94.8. The molecule has 1 N–H and O–H groups in total. The third kappa shape index (κ3) is 7.55. The molecule has 4 aromatic rings. The lowest BCUT2D eigenvalue weighted by Gasteiger charge is -2.26. The Bertz CT molecular complexity index is 1830. The number of rotatable bonds is 10. The minimum atomic E-state index is -4.75. The van der Waals surface area contributed by atoms with Gasteiger partial charge in [0.05, 0.1) is 28.9 Å². The fourth-order valence-electron chi connectivity index (χ4n) is 4.56. The second-order valence-corrected chi connectivity index (χ2v) is 13.9. The molecule has 0 spiro atoms. The van der Waals surface area contributed by atoms with Gasteiger partial charge in [0.25, 0.3) is 5.91 Å². The summed E-state index contributed by atoms with van der Waals surface area (Å²) in [6.45, 7) is 0.237. The van der Waals surface area contributed by atoms with Crippen LogP contribution in [0.4, 0.5) is 13.2 Å². The molecule has 1 aliphatic heterocycles. The number of hydrogen-bond acceptors (Lipinski definition) is 11. The average molecular weight is 671 g/mol. The Labute approximate surface area is 255 Å². The van der Waals surface area contributed by atoms with Gasteiger partial charge < -0.3 is 13.9 Å². The highest BCUT2D eigenvalue weighted by Gasteiger charge is 2.40. The van der Waals surface area contributed by atoms with Gasteiger partial charge in [-0.3, -0.25) is 13.8 Å². The molecule has 1 aliphatic rings. The lowest BCUT2D eigenvalue weighted by molar-refractivity contribution is -0.130. The zero-order valence-electron chi connectivity index (χ0n) is 22.6. The lowest BCUT2D eigenvalue weighted by atomic mass is 10.0. The second-order valence-electron chi connectivity index (χ2n) is 9.85. The summed E-state index contributed by atoms with van der Waals surface area (Å²) in [6, 6.07) is 11.9. The number of nitrogens with zero attached hydrogens (tertiary/aromatic N) is 4. The molecule has 3 heterocycles. The average Bonchev–Trinajstić information content (AvgIpc) is 3.61. The van der Waals surface area contributed by atoms with Crippen LogP contribution in [0.2, 0.25) is 0 Å². The number of thiazole rings is 1. The standard InChI is InChI=1S/C26H24F3N5O7S3/c27-26(28,29)8-11-44(39,40)22(23-33-32-21(41-23)14-30-43(37)38)24-31-19-5-4-16(13-20(19)42-24)15-2-1-3-17(12-15)25(36)34-9-6-18(35)7-10-34/h1-5,12-13,22,30H,6-11,14H2,(H,37,38)/p-1. The van der Waals surface area contributed by atoms with E-state index in [4.69, 9.17) is 4.42 Å². The normalized spacial score (nSPS) is 15.9. The van der Waals surface area contributed by atoms with Crippen LogP contribution in [0.1, 0.15) is 51.7 Å². The van der Waals surface area contributed by atoms with Crippen molar-refractivity contribution >= 4 is 54.3 Å². The second kappa shape index (κ2) is 12.8. The lowest BCUT2D eigenvalue weighted by Crippen LogP contribution is -2.38. The Morgan fingerprint density at radius 3 is 2.57 bits per heavy atom. The molecule has 0 bridgehead atoms. The summed E-state index contributed by atoms with van der Waals surface area (Å²) in [6.07, 6.45) is -5.73. The molecule has 0 saturated carbocycles. The first-order valence-corrected chi connectivity index (χ1v) is 16.6. The van der Waals surface area contributed by atoms with E-state index in [1.165, 1.54) is 0 Å². The number of piperidine rings is 1. The molecular weight excluding hydrogens is 648 g/mol. The van der Waals surface area contributed by atoms with E-state index in [1.54, 1.807) is 47.4 Å². The van der Waals surface area contributed by atoms with Gasteiger partial charge in [-0.05, 0) is 35.4 Å². The Balaban J connectivity index is 1.47. The minimum absolute atomic E-state index is 0.113. The molecular formula is C26H23F3N5O7S3-. The highest BCUT2D eigenvalue weighted by atomic mass is 32.2. The molecule has 1 amide bonds. The third-order valence-electron chi connectivity index (χ3n) is 6.76. The van der Waals surface area contributed by atoms with Gasteiger partial charge >= 0.3 is 6.18 Å². The molecule has 1 saturated heterocycles. The monoisotopic (exact) mass is 670 g/mol. The number of carbonyl (C=O) groups excluding carboxylic acids is 2. The van der Waals surface area contributed by atoms with Crippen LogP contribution in [0.3, 0.4) is 0 Å². The molecule has 0 radical (unpaired) electrons. The molecule has 2 aromatic heterocycles. The van der Waals surface area contributed by atoms with Crippen molar-refractivity contribution in [2.75, 3.05) is 18.8 Å². The quantitative estimate of drug-likeness (QED) is 0.246. The van der Waals surface area contributed by atoms with Gasteiger partial charge in [-0.2, -0.15) is 13.2 Å². The maximum Gasteiger partial charge on any atom is 0.390 e. The van der Waals surface area contributed by atoms with Crippen molar-refractivity contribution in [1.29, 1.82) is 0 Å². The number of carbonyl (C=O) groups is 2. The van der Waals surface area contributed by atoms with E-state index in [-0.39, 0.29) is 22.6 Å². The molecule has 2 unspecified atom stereocenters. The van der Waals surface area contributed by atoms with Crippen LogP contribution in [-0.2, 0) is 32.4 Å². The van der Waals surface area contributed by atoms with E-state index in [2.05, 4.69) is 15.2 Å².